The van der Waals surface area contributed by atoms with Crippen LogP contribution in [-0.4, -0.2) is 37.6 Å². The van der Waals surface area contributed by atoms with E-state index in [0.717, 1.165) is 66.1 Å². The molecule has 1 aliphatic rings. The van der Waals surface area contributed by atoms with Crippen molar-refractivity contribution >= 4 is 21.8 Å². The van der Waals surface area contributed by atoms with Gasteiger partial charge in [0.25, 0.3) is 0 Å². The summed E-state index contributed by atoms with van der Waals surface area (Å²) in [7, 11) is 1.66. The average molecular weight is 461 g/mol. The lowest BCUT2D eigenvalue weighted by atomic mass is 10.1. The Labute approximate surface area is 181 Å². The zero-order valence-electron chi connectivity index (χ0n) is 17.2. The second-order valence-corrected chi connectivity index (χ2v) is 8.24. The van der Waals surface area contributed by atoms with Crippen molar-refractivity contribution in [2.45, 2.75) is 39.3 Å². The van der Waals surface area contributed by atoms with Crippen LogP contribution in [0.4, 0.5) is 0 Å². The fourth-order valence-corrected chi connectivity index (χ4v) is 3.85. The number of carbonyl (C=O) groups is 1. The number of benzene rings is 2. The maximum Gasteiger partial charge on any atom is 0.222 e. The minimum Gasteiger partial charge on any atom is -0.493 e. The van der Waals surface area contributed by atoms with Gasteiger partial charge in [-0.2, -0.15) is 0 Å². The lowest BCUT2D eigenvalue weighted by Crippen LogP contribution is -2.28. The Kier molecular flexibility index (Phi) is 7.95. The summed E-state index contributed by atoms with van der Waals surface area (Å²) in [4.78, 5) is 13.6. The van der Waals surface area contributed by atoms with E-state index in [1.54, 1.807) is 7.11 Å². The molecule has 1 heterocycles. The Balaban J connectivity index is 1.50. The third kappa shape index (κ3) is 6.21. The van der Waals surface area contributed by atoms with Gasteiger partial charge in [0.2, 0.25) is 5.91 Å². The molecule has 156 valence electrons. The molecule has 0 unspecified atom stereocenters. The highest BCUT2D eigenvalue weighted by Gasteiger charge is 2.19. The summed E-state index contributed by atoms with van der Waals surface area (Å²) in [5, 5.41) is 3.45. The molecule has 29 heavy (non-hydrogen) atoms. The summed E-state index contributed by atoms with van der Waals surface area (Å²) in [5.74, 6) is 1.73. The van der Waals surface area contributed by atoms with E-state index in [2.05, 4.69) is 52.4 Å². The molecular formula is C23H29BrN2O3. The molecule has 0 atom stereocenters. The Morgan fingerprint density at radius 1 is 1.17 bits per heavy atom. The standard InChI is InChI=1S/C23H29BrN2O3/c1-17-6-8-18(9-7-17)16-29-22-14-20(24)19(13-21(22)28-2)15-25-10-4-12-26-11-3-5-23(26)27/h6-9,13-14,25H,3-5,10-12,15-16H2,1-2H3. The molecule has 1 saturated heterocycles. The van der Waals surface area contributed by atoms with Gasteiger partial charge in [-0.25, -0.2) is 0 Å². The normalized spacial score (nSPS) is 13.8. The number of amides is 1. The molecule has 1 aliphatic heterocycles. The van der Waals surface area contributed by atoms with E-state index in [9.17, 15) is 4.79 Å². The van der Waals surface area contributed by atoms with E-state index in [1.165, 1.54) is 5.56 Å². The van der Waals surface area contributed by atoms with Crippen LogP contribution < -0.4 is 14.8 Å². The Hall–Kier alpha value is -2.05. The minimum absolute atomic E-state index is 0.290. The predicted octanol–water partition coefficient (Wildman–Crippen LogP) is 4.45. The summed E-state index contributed by atoms with van der Waals surface area (Å²) in [6.07, 6.45) is 2.66. The SMILES string of the molecule is COc1cc(CNCCCN2CCCC2=O)c(Br)cc1OCc1ccc(C)cc1. The summed E-state index contributed by atoms with van der Waals surface area (Å²) in [6, 6.07) is 12.3. The molecule has 0 aromatic heterocycles. The van der Waals surface area contributed by atoms with Crippen LogP contribution in [0.5, 0.6) is 11.5 Å². The van der Waals surface area contributed by atoms with E-state index < -0.39 is 0 Å². The van der Waals surface area contributed by atoms with Crippen LogP contribution in [0.2, 0.25) is 0 Å². The number of rotatable bonds is 10. The summed E-state index contributed by atoms with van der Waals surface area (Å²) < 4.78 is 12.5. The number of nitrogens with zero attached hydrogens (tertiary/aromatic N) is 1. The van der Waals surface area contributed by atoms with Gasteiger partial charge in [0, 0.05) is 30.5 Å². The fourth-order valence-electron chi connectivity index (χ4n) is 3.39. The molecule has 0 saturated carbocycles. The third-order valence-corrected chi connectivity index (χ3v) is 5.85. The zero-order chi connectivity index (χ0) is 20.6. The summed E-state index contributed by atoms with van der Waals surface area (Å²) >= 11 is 3.65. The molecule has 1 amide bonds. The second-order valence-electron chi connectivity index (χ2n) is 7.38. The van der Waals surface area contributed by atoms with E-state index in [0.29, 0.717) is 18.9 Å². The Morgan fingerprint density at radius 3 is 2.66 bits per heavy atom. The number of aryl methyl sites for hydroxylation is 1. The maximum atomic E-state index is 11.6. The van der Waals surface area contributed by atoms with Gasteiger partial charge in [-0.3, -0.25) is 4.79 Å². The number of likely N-dealkylation sites (tertiary alicyclic amines) is 1. The lowest BCUT2D eigenvalue weighted by molar-refractivity contribution is -0.127. The average Bonchev–Trinajstić information content (AvgIpc) is 3.13. The first kappa shape index (κ1) is 21.7. The Bertz CT molecular complexity index is 824. The molecule has 5 nitrogen and oxygen atoms in total. The topological polar surface area (TPSA) is 50.8 Å². The Morgan fingerprint density at radius 2 is 1.97 bits per heavy atom. The first-order valence-corrected chi connectivity index (χ1v) is 10.9. The van der Waals surface area contributed by atoms with Crippen molar-refractivity contribution in [3.8, 4) is 11.5 Å². The summed E-state index contributed by atoms with van der Waals surface area (Å²) in [5.41, 5.74) is 3.47. The van der Waals surface area contributed by atoms with Crippen LogP contribution in [0.15, 0.2) is 40.9 Å². The van der Waals surface area contributed by atoms with Crippen molar-refractivity contribution in [1.82, 2.24) is 10.2 Å². The quantitative estimate of drug-likeness (QED) is 0.532. The fraction of sp³-hybridized carbons (Fsp3) is 0.435. The van der Waals surface area contributed by atoms with Gasteiger partial charge in [-0.1, -0.05) is 45.8 Å². The molecule has 1 fully saturated rings. The van der Waals surface area contributed by atoms with Gasteiger partial charge < -0.3 is 19.7 Å². The first-order chi connectivity index (χ1) is 14.1. The molecule has 0 radical (unpaired) electrons. The van der Waals surface area contributed by atoms with Crippen LogP contribution in [0, 0.1) is 6.92 Å². The van der Waals surface area contributed by atoms with Crippen molar-refractivity contribution in [3.63, 3.8) is 0 Å². The highest BCUT2D eigenvalue weighted by atomic mass is 79.9. The van der Waals surface area contributed by atoms with Crippen molar-refractivity contribution in [2.75, 3.05) is 26.7 Å². The van der Waals surface area contributed by atoms with Gasteiger partial charge in [0.1, 0.15) is 6.61 Å². The smallest absolute Gasteiger partial charge is 0.222 e. The number of hydrogen-bond donors (Lipinski definition) is 1. The number of ether oxygens (including phenoxy) is 2. The molecule has 6 heteroatoms. The zero-order valence-corrected chi connectivity index (χ0v) is 18.8. The van der Waals surface area contributed by atoms with Crippen molar-refractivity contribution in [1.29, 1.82) is 0 Å². The van der Waals surface area contributed by atoms with Gasteiger partial charge in [-0.15, -0.1) is 0 Å². The van der Waals surface area contributed by atoms with Crippen LogP contribution in [0.25, 0.3) is 0 Å². The summed E-state index contributed by atoms with van der Waals surface area (Å²) in [6.45, 7) is 5.90. The van der Waals surface area contributed by atoms with Gasteiger partial charge in [-0.05, 0) is 49.6 Å². The van der Waals surface area contributed by atoms with Crippen LogP contribution in [0.3, 0.4) is 0 Å². The second kappa shape index (κ2) is 10.6. The molecule has 0 aliphatic carbocycles. The predicted molar refractivity (Wildman–Crippen MR) is 118 cm³/mol. The van der Waals surface area contributed by atoms with Crippen LogP contribution in [-0.2, 0) is 17.9 Å². The number of methoxy groups -OCH3 is 1. The molecule has 0 spiro atoms. The molecule has 0 bridgehead atoms. The largest absolute Gasteiger partial charge is 0.493 e. The van der Waals surface area contributed by atoms with Crippen molar-refractivity contribution in [3.05, 3.63) is 57.6 Å². The van der Waals surface area contributed by atoms with Crippen molar-refractivity contribution < 1.29 is 14.3 Å². The molecule has 1 N–H and O–H groups in total. The lowest BCUT2D eigenvalue weighted by Gasteiger charge is -2.16. The van der Waals surface area contributed by atoms with Gasteiger partial charge in [0.15, 0.2) is 11.5 Å². The number of carbonyl (C=O) groups excluding carboxylic acids is 1. The van der Waals surface area contributed by atoms with E-state index >= 15 is 0 Å². The minimum atomic E-state index is 0.290. The van der Waals surface area contributed by atoms with E-state index in [4.69, 9.17) is 9.47 Å². The highest BCUT2D eigenvalue weighted by Crippen LogP contribution is 2.34. The van der Waals surface area contributed by atoms with E-state index in [1.807, 2.05) is 17.0 Å². The van der Waals surface area contributed by atoms with E-state index in [-0.39, 0.29) is 0 Å². The van der Waals surface area contributed by atoms with Crippen molar-refractivity contribution in [2.24, 2.45) is 0 Å². The molecule has 2 aromatic carbocycles. The number of hydrogen-bond acceptors (Lipinski definition) is 4. The number of halogens is 1. The van der Waals surface area contributed by atoms with Gasteiger partial charge >= 0.3 is 0 Å². The third-order valence-electron chi connectivity index (χ3n) is 5.12. The highest BCUT2D eigenvalue weighted by molar-refractivity contribution is 9.10. The first-order valence-electron chi connectivity index (χ1n) is 10.1. The monoisotopic (exact) mass is 460 g/mol. The molecule has 2 aromatic rings. The van der Waals surface area contributed by atoms with Crippen LogP contribution >= 0.6 is 15.9 Å². The molecule has 3 rings (SSSR count). The number of nitrogens with one attached hydrogen (secondary N) is 1. The maximum absolute atomic E-state index is 11.6. The van der Waals surface area contributed by atoms with Crippen LogP contribution in [0.1, 0.15) is 36.0 Å². The van der Waals surface area contributed by atoms with Gasteiger partial charge in [0.05, 0.1) is 7.11 Å². The molecular weight excluding hydrogens is 432 g/mol.